The standard InChI is InChI=1S/C11H9BrClNO4/c12-6-3-5(13)4-7(8(6)15)14-9(16)11(1-2-11)10(17)18/h3-4,15H,1-2H2,(H,14,16)(H,17,18). The number of carbonyl (C=O) groups excluding carboxylic acids is 1. The van der Waals surface area contributed by atoms with Gasteiger partial charge in [0.05, 0.1) is 10.2 Å². The number of hydrogen-bond acceptors (Lipinski definition) is 3. The van der Waals surface area contributed by atoms with E-state index in [4.69, 9.17) is 16.7 Å². The number of hydrogen-bond donors (Lipinski definition) is 3. The topological polar surface area (TPSA) is 86.6 Å². The second-order valence-corrected chi connectivity index (χ2v) is 5.42. The number of halogens is 2. The van der Waals surface area contributed by atoms with Crippen LogP contribution in [0.25, 0.3) is 0 Å². The summed E-state index contributed by atoms with van der Waals surface area (Å²) in [5.74, 6) is -1.98. The zero-order chi connectivity index (χ0) is 13.5. The molecule has 0 aliphatic heterocycles. The molecule has 0 aromatic heterocycles. The third-order valence-electron chi connectivity index (χ3n) is 2.87. The van der Waals surface area contributed by atoms with Crippen molar-refractivity contribution in [2.45, 2.75) is 12.8 Å². The Kier molecular flexibility index (Phi) is 3.25. The Bertz CT molecular complexity index is 542. The van der Waals surface area contributed by atoms with Gasteiger partial charge in [-0.1, -0.05) is 11.6 Å². The highest BCUT2D eigenvalue weighted by atomic mass is 79.9. The molecule has 1 aromatic carbocycles. The summed E-state index contributed by atoms with van der Waals surface area (Å²) in [4.78, 5) is 22.8. The summed E-state index contributed by atoms with van der Waals surface area (Å²) in [6.07, 6.45) is 0.604. The van der Waals surface area contributed by atoms with Crippen LogP contribution in [0.3, 0.4) is 0 Å². The van der Waals surface area contributed by atoms with E-state index in [1.807, 2.05) is 0 Å². The van der Waals surface area contributed by atoms with Crippen molar-refractivity contribution in [3.8, 4) is 5.75 Å². The maximum atomic E-state index is 11.9. The summed E-state index contributed by atoms with van der Waals surface area (Å²) in [7, 11) is 0. The van der Waals surface area contributed by atoms with Crippen LogP contribution in [0.2, 0.25) is 5.02 Å². The first-order chi connectivity index (χ1) is 8.36. The van der Waals surface area contributed by atoms with Gasteiger partial charge in [0.15, 0.2) is 5.75 Å². The van der Waals surface area contributed by atoms with Crippen molar-refractivity contribution < 1.29 is 19.8 Å². The average molecular weight is 335 g/mol. The normalized spacial score (nSPS) is 16.1. The number of phenols is 1. The van der Waals surface area contributed by atoms with Crippen molar-refractivity contribution in [1.29, 1.82) is 0 Å². The number of carbonyl (C=O) groups is 2. The van der Waals surface area contributed by atoms with Crippen LogP contribution in [0.4, 0.5) is 5.69 Å². The molecule has 3 N–H and O–H groups in total. The molecule has 0 unspecified atom stereocenters. The van der Waals surface area contributed by atoms with Gasteiger partial charge in [-0.15, -0.1) is 0 Å². The maximum Gasteiger partial charge on any atom is 0.319 e. The third-order valence-corrected chi connectivity index (χ3v) is 3.69. The minimum atomic E-state index is -1.36. The second-order valence-electron chi connectivity index (χ2n) is 4.13. The van der Waals surface area contributed by atoms with Gasteiger partial charge < -0.3 is 15.5 Å². The Labute approximate surface area is 116 Å². The van der Waals surface area contributed by atoms with Gasteiger partial charge in [0, 0.05) is 5.02 Å². The van der Waals surface area contributed by atoms with E-state index in [-0.39, 0.29) is 11.4 Å². The SMILES string of the molecule is O=C(O)C1(C(=O)Nc2cc(Cl)cc(Br)c2O)CC1. The summed E-state index contributed by atoms with van der Waals surface area (Å²) < 4.78 is 0.325. The number of carboxylic acids is 1. The number of aromatic hydroxyl groups is 1. The van der Waals surface area contributed by atoms with Crippen molar-refractivity contribution in [3.05, 3.63) is 21.6 Å². The third kappa shape index (κ3) is 2.18. The summed E-state index contributed by atoms with van der Waals surface area (Å²) in [6.45, 7) is 0. The highest BCUT2D eigenvalue weighted by molar-refractivity contribution is 9.10. The fourth-order valence-corrected chi connectivity index (χ4v) is 2.38. The van der Waals surface area contributed by atoms with Crippen LogP contribution >= 0.6 is 27.5 Å². The first-order valence-electron chi connectivity index (χ1n) is 5.10. The van der Waals surface area contributed by atoms with E-state index < -0.39 is 17.3 Å². The van der Waals surface area contributed by atoms with Crippen LogP contribution in [0.1, 0.15) is 12.8 Å². The summed E-state index contributed by atoms with van der Waals surface area (Å²) in [5, 5.41) is 21.4. The van der Waals surface area contributed by atoms with E-state index in [0.29, 0.717) is 22.3 Å². The molecule has 0 atom stereocenters. The lowest BCUT2D eigenvalue weighted by atomic mass is 10.1. The molecule has 1 saturated carbocycles. The molecule has 0 spiro atoms. The molecule has 96 valence electrons. The van der Waals surface area contributed by atoms with Crippen LogP contribution in [-0.2, 0) is 9.59 Å². The molecule has 0 saturated heterocycles. The van der Waals surface area contributed by atoms with E-state index in [9.17, 15) is 14.7 Å². The van der Waals surface area contributed by atoms with E-state index in [1.54, 1.807) is 0 Å². The number of amides is 1. The van der Waals surface area contributed by atoms with Gasteiger partial charge in [-0.05, 0) is 40.9 Å². The number of nitrogens with one attached hydrogen (secondary N) is 1. The van der Waals surface area contributed by atoms with E-state index in [2.05, 4.69) is 21.2 Å². The Hall–Kier alpha value is -1.27. The Morgan fingerprint density at radius 3 is 2.50 bits per heavy atom. The van der Waals surface area contributed by atoms with E-state index in [0.717, 1.165) is 0 Å². The van der Waals surface area contributed by atoms with Gasteiger partial charge in [0.1, 0.15) is 5.41 Å². The average Bonchev–Trinajstić information content (AvgIpc) is 3.06. The van der Waals surface area contributed by atoms with Crippen molar-refractivity contribution in [2.24, 2.45) is 5.41 Å². The molecule has 18 heavy (non-hydrogen) atoms. The van der Waals surface area contributed by atoms with Crippen molar-refractivity contribution in [3.63, 3.8) is 0 Å². The summed E-state index contributed by atoms with van der Waals surface area (Å²) >= 11 is 8.87. The molecule has 1 aromatic rings. The zero-order valence-corrected chi connectivity index (χ0v) is 11.4. The fraction of sp³-hybridized carbons (Fsp3) is 0.273. The molecule has 0 bridgehead atoms. The van der Waals surface area contributed by atoms with Gasteiger partial charge in [0.25, 0.3) is 0 Å². The predicted octanol–water partition coefficient (Wildman–Crippen LogP) is 2.61. The number of aliphatic carboxylic acids is 1. The van der Waals surface area contributed by atoms with Crippen molar-refractivity contribution >= 4 is 45.1 Å². The number of benzene rings is 1. The number of rotatable bonds is 3. The molecular formula is C11H9BrClNO4. The van der Waals surface area contributed by atoms with Gasteiger partial charge in [-0.2, -0.15) is 0 Å². The fourth-order valence-electron chi connectivity index (χ4n) is 1.57. The first kappa shape index (κ1) is 13.2. The van der Waals surface area contributed by atoms with E-state index >= 15 is 0 Å². The number of anilines is 1. The van der Waals surface area contributed by atoms with Crippen LogP contribution in [-0.4, -0.2) is 22.1 Å². The maximum absolute atomic E-state index is 11.9. The largest absolute Gasteiger partial charge is 0.505 e. The van der Waals surface area contributed by atoms with Gasteiger partial charge in [-0.25, -0.2) is 0 Å². The molecule has 1 amide bonds. The molecule has 7 heteroatoms. The Morgan fingerprint density at radius 1 is 1.39 bits per heavy atom. The predicted molar refractivity (Wildman–Crippen MR) is 68.7 cm³/mol. The van der Waals surface area contributed by atoms with Gasteiger partial charge in [0.2, 0.25) is 5.91 Å². The highest BCUT2D eigenvalue weighted by Crippen LogP contribution is 2.47. The van der Waals surface area contributed by atoms with Gasteiger partial charge >= 0.3 is 5.97 Å². The summed E-state index contributed by atoms with van der Waals surface area (Å²) in [5.41, 5.74) is -1.27. The lowest BCUT2D eigenvalue weighted by Crippen LogP contribution is -2.31. The van der Waals surface area contributed by atoms with E-state index in [1.165, 1.54) is 12.1 Å². The minimum Gasteiger partial charge on any atom is -0.505 e. The quantitative estimate of drug-likeness (QED) is 0.586. The van der Waals surface area contributed by atoms with Crippen LogP contribution < -0.4 is 5.32 Å². The molecule has 2 rings (SSSR count). The molecular weight excluding hydrogens is 325 g/mol. The Morgan fingerprint density at radius 2 is 2.00 bits per heavy atom. The number of carboxylic acid groups (broad SMARTS) is 1. The van der Waals surface area contributed by atoms with Crippen molar-refractivity contribution in [2.75, 3.05) is 5.32 Å². The molecule has 5 nitrogen and oxygen atoms in total. The summed E-state index contributed by atoms with van der Waals surface area (Å²) in [6, 6.07) is 2.83. The molecule has 1 aliphatic carbocycles. The zero-order valence-electron chi connectivity index (χ0n) is 9.04. The molecule has 1 fully saturated rings. The lowest BCUT2D eigenvalue weighted by Gasteiger charge is -2.13. The molecule has 1 aliphatic rings. The minimum absolute atomic E-state index is 0.0897. The van der Waals surface area contributed by atoms with Crippen LogP contribution in [0, 0.1) is 5.41 Å². The monoisotopic (exact) mass is 333 g/mol. The first-order valence-corrected chi connectivity index (χ1v) is 6.27. The molecule has 0 radical (unpaired) electrons. The lowest BCUT2D eigenvalue weighted by molar-refractivity contribution is -0.147. The molecule has 0 heterocycles. The van der Waals surface area contributed by atoms with Gasteiger partial charge in [-0.3, -0.25) is 9.59 Å². The van der Waals surface area contributed by atoms with Crippen LogP contribution in [0.15, 0.2) is 16.6 Å². The van der Waals surface area contributed by atoms with Crippen LogP contribution in [0.5, 0.6) is 5.75 Å². The smallest absolute Gasteiger partial charge is 0.319 e. The van der Waals surface area contributed by atoms with Crippen molar-refractivity contribution in [1.82, 2.24) is 0 Å². The second kappa shape index (κ2) is 4.44. The number of phenolic OH excluding ortho intramolecular Hbond substituents is 1. The Balaban J connectivity index is 2.25. The highest BCUT2D eigenvalue weighted by Gasteiger charge is 2.57.